The third kappa shape index (κ3) is 5.54. The number of hydrogen-bond acceptors (Lipinski definition) is 3. The highest BCUT2D eigenvalue weighted by molar-refractivity contribution is 5.89. The SMILES string of the molecule is CC(COc1ccc(F)cc1F)NC(=O)CCc1ccccc1C(=O)O. The zero-order valence-electron chi connectivity index (χ0n) is 14.2. The molecular formula is C19H19F2NO4. The van der Waals surface area contributed by atoms with Crippen LogP contribution in [0.3, 0.4) is 0 Å². The van der Waals surface area contributed by atoms with Crippen LogP contribution in [-0.2, 0) is 11.2 Å². The molecule has 1 amide bonds. The van der Waals surface area contributed by atoms with E-state index >= 15 is 0 Å². The number of aromatic carboxylic acids is 1. The molecule has 2 rings (SSSR count). The minimum absolute atomic E-state index is 0.0139. The van der Waals surface area contributed by atoms with Crippen molar-refractivity contribution in [3.8, 4) is 5.75 Å². The van der Waals surface area contributed by atoms with E-state index in [4.69, 9.17) is 9.84 Å². The Kier molecular flexibility index (Phi) is 6.66. The molecule has 0 aliphatic carbocycles. The molecule has 2 aromatic rings. The summed E-state index contributed by atoms with van der Waals surface area (Å²) in [5, 5.41) is 11.8. The smallest absolute Gasteiger partial charge is 0.335 e. The normalized spacial score (nSPS) is 11.7. The van der Waals surface area contributed by atoms with E-state index in [9.17, 15) is 18.4 Å². The number of nitrogens with one attached hydrogen (secondary N) is 1. The molecule has 1 atom stereocenters. The number of hydrogen-bond donors (Lipinski definition) is 2. The van der Waals surface area contributed by atoms with E-state index in [1.54, 1.807) is 25.1 Å². The van der Waals surface area contributed by atoms with Crippen molar-refractivity contribution >= 4 is 11.9 Å². The zero-order valence-corrected chi connectivity index (χ0v) is 14.2. The lowest BCUT2D eigenvalue weighted by Crippen LogP contribution is -2.37. The molecule has 2 aromatic carbocycles. The molecule has 0 bridgehead atoms. The van der Waals surface area contributed by atoms with Gasteiger partial charge in [-0.15, -0.1) is 0 Å². The molecular weight excluding hydrogens is 344 g/mol. The zero-order chi connectivity index (χ0) is 19.1. The molecule has 2 N–H and O–H groups in total. The quantitative estimate of drug-likeness (QED) is 0.755. The second kappa shape index (κ2) is 8.94. The van der Waals surface area contributed by atoms with Crippen molar-refractivity contribution in [2.45, 2.75) is 25.8 Å². The fraction of sp³-hybridized carbons (Fsp3) is 0.263. The van der Waals surface area contributed by atoms with Crippen molar-refractivity contribution in [2.75, 3.05) is 6.61 Å². The van der Waals surface area contributed by atoms with Crippen LogP contribution < -0.4 is 10.1 Å². The maximum atomic E-state index is 13.5. The van der Waals surface area contributed by atoms with E-state index in [-0.39, 0.29) is 36.7 Å². The standard InChI is InChI=1S/C19H19F2NO4/c1-12(11-26-17-8-7-14(20)10-16(17)21)22-18(23)9-6-13-4-2-3-5-15(13)19(24)25/h2-5,7-8,10,12H,6,9,11H2,1H3,(H,22,23)(H,24,25). The van der Waals surface area contributed by atoms with E-state index < -0.39 is 23.6 Å². The van der Waals surface area contributed by atoms with Gasteiger partial charge in [0.05, 0.1) is 11.6 Å². The van der Waals surface area contributed by atoms with Gasteiger partial charge in [-0.25, -0.2) is 13.6 Å². The predicted molar refractivity (Wildman–Crippen MR) is 91.2 cm³/mol. The number of aryl methyl sites for hydroxylation is 1. The maximum absolute atomic E-state index is 13.5. The molecule has 0 radical (unpaired) electrons. The molecule has 0 saturated heterocycles. The highest BCUT2D eigenvalue weighted by Crippen LogP contribution is 2.17. The Morgan fingerprint density at radius 2 is 1.92 bits per heavy atom. The lowest BCUT2D eigenvalue weighted by atomic mass is 10.0. The van der Waals surface area contributed by atoms with Gasteiger partial charge in [-0.3, -0.25) is 4.79 Å². The fourth-order valence-electron chi connectivity index (χ4n) is 2.39. The van der Waals surface area contributed by atoms with E-state index in [1.165, 1.54) is 12.1 Å². The Labute approximate surface area is 149 Å². The summed E-state index contributed by atoms with van der Waals surface area (Å²) in [4.78, 5) is 23.1. The summed E-state index contributed by atoms with van der Waals surface area (Å²) < 4.78 is 31.5. The number of ether oxygens (including phenoxy) is 1. The van der Waals surface area contributed by atoms with Gasteiger partial charge in [0, 0.05) is 12.5 Å². The summed E-state index contributed by atoms with van der Waals surface area (Å²) in [6.07, 6.45) is 0.397. The van der Waals surface area contributed by atoms with Crippen molar-refractivity contribution in [1.29, 1.82) is 0 Å². The van der Waals surface area contributed by atoms with Crippen LogP contribution in [0.1, 0.15) is 29.3 Å². The van der Waals surface area contributed by atoms with Crippen LogP contribution in [0.15, 0.2) is 42.5 Å². The molecule has 0 aliphatic heterocycles. The van der Waals surface area contributed by atoms with Gasteiger partial charge in [-0.05, 0) is 37.1 Å². The molecule has 0 fully saturated rings. The Morgan fingerprint density at radius 1 is 1.19 bits per heavy atom. The molecule has 0 saturated carbocycles. The summed E-state index contributed by atoms with van der Waals surface area (Å²) in [6, 6.07) is 9.09. The average molecular weight is 363 g/mol. The van der Waals surface area contributed by atoms with Crippen LogP contribution >= 0.6 is 0 Å². The minimum atomic E-state index is -1.04. The first kappa shape index (κ1) is 19.4. The van der Waals surface area contributed by atoms with E-state index in [1.807, 2.05) is 0 Å². The Balaban J connectivity index is 1.81. The summed E-state index contributed by atoms with van der Waals surface area (Å²) >= 11 is 0. The van der Waals surface area contributed by atoms with Crippen molar-refractivity contribution in [2.24, 2.45) is 0 Å². The fourth-order valence-corrected chi connectivity index (χ4v) is 2.39. The number of amides is 1. The van der Waals surface area contributed by atoms with Gasteiger partial charge in [-0.2, -0.15) is 0 Å². The highest BCUT2D eigenvalue weighted by Gasteiger charge is 2.13. The third-order valence-corrected chi connectivity index (χ3v) is 3.66. The van der Waals surface area contributed by atoms with E-state index in [0.717, 1.165) is 12.1 Å². The summed E-state index contributed by atoms with van der Waals surface area (Å²) in [5.41, 5.74) is 0.746. The summed E-state index contributed by atoms with van der Waals surface area (Å²) in [7, 11) is 0. The number of rotatable bonds is 8. The maximum Gasteiger partial charge on any atom is 0.335 e. The van der Waals surface area contributed by atoms with Crippen molar-refractivity contribution < 1.29 is 28.2 Å². The number of carbonyl (C=O) groups is 2. The lowest BCUT2D eigenvalue weighted by molar-refractivity contribution is -0.121. The van der Waals surface area contributed by atoms with Gasteiger partial charge in [0.25, 0.3) is 0 Å². The Morgan fingerprint density at radius 3 is 2.62 bits per heavy atom. The molecule has 7 heteroatoms. The number of halogens is 2. The van der Waals surface area contributed by atoms with Gasteiger partial charge in [-0.1, -0.05) is 18.2 Å². The van der Waals surface area contributed by atoms with Crippen LogP contribution in [0.4, 0.5) is 8.78 Å². The molecule has 138 valence electrons. The molecule has 0 aromatic heterocycles. The summed E-state index contributed by atoms with van der Waals surface area (Å²) in [5.74, 6) is -2.92. The van der Waals surface area contributed by atoms with Gasteiger partial charge >= 0.3 is 5.97 Å². The first-order valence-corrected chi connectivity index (χ1v) is 8.05. The first-order chi connectivity index (χ1) is 12.4. The molecule has 0 aliphatic rings. The summed E-state index contributed by atoms with van der Waals surface area (Å²) in [6.45, 7) is 1.70. The highest BCUT2D eigenvalue weighted by atomic mass is 19.1. The van der Waals surface area contributed by atoms with Crippen LogP contribution in [0, 0.1) is 11.6 Å². The lowest BCUT2D eigenvalue weighted by Gasteiger charge is -2.15. The van der Waals surface area contributed by atoms with Crippen molar-refractivity contribution in [3.05, 3.63) is 65.2 Å². The topological polar surface area (TPSA) is 75.6 Å². The largest absolute Gasteiger partial charge is 0.488 e. The molecule has 1 unspecified atom stereocenters. The monoisotopic (exact) mass is 363 g/mol. The van der Waals surface area contributed by atoms with Crippen molar-refractivity contribution in [3.63, 3.8) is 0 Å². The van der Waals surface area contributed by atoms with E-state index in [2.05, 4.69) is 5.32 Å². The minimum Gasteiger partial charge on any atom is -0.488 e. The first-order valence-electron chi connectivity index (χ1n) is 8.05. The molecule has 5 nitrogen and oxygen atoms in total. The molecule has 0 spiro atoms. The Hall–Kier alpha value is -2.96. The Bertz CT molecular complexity index is 795. The predicted octanol–water partition coefficient (Wildman–Crippen LogP) is 3.18. The van der Waals surface area contributed by atoms with E-state index in [0.29, 0.717) is 5.56 Å². The molecule has 26 heavy (non-hydrogen) atoms. The number of carboxylic acids is 1. The number of carboxylic acid groups (broad SMARTS) is 1. The number of carbonyl (C=O) groups excluding carboxylic acids is 1. The van der Waals surface area contributed by atoms with Gasteiger partial charge in [0.1, 0.15) is 12.4 Å². The second-order valence-corrected chi connectivity index (χ2v) is 5.82. The third-order valence-electron chi connectivity index (χ3n) is 3.66. The van der Waals surface area contributed by atoms with Crippen LogP contribution in [-0.4, -0.2) is 29.6 Å². The van der Waals surface area contributed by atoms with Crippen LogP contribution in [0.25, 0.3) is 0 Å². The van der Waals surface area contributed by atoms with Gasteiger partial charge in [0.15, 0.2) is 11.6 Å². The number of benzene rings is 2. The molecule has 0 heterocycles. The van der Waals surface area contributed by atoms with Gasteiger partial charge in [0.2, 0.25) is 5.91 Å². The van der Waals surface area contributed by atoms with Crippen LogP contribution in [0.5, 0.6) is 5.75 Å². The van der Waals surface area contributed by atoms with Gasteiger partial charge < -0.3 is 15.2 Å². The average Bonchev–Trinajstić information content (AvgIpc) is 2.59. The van der Waals surface area contributed by atoms with Crippen molar-refractivity contribution in [1.82, 2.24) is 5.32 Å². The second-order valence-electron chi connectivity index (χ2n) is 5.82. The van der Waals surface area contributed by atoms with Crippen LogP contribution in [0.2, 0.25) is 0 Å².